The Kier molecular flexibility index (Phi) is 4.68. The minimum atomic E-state index is -0.550. The lowest BCUT2D eigenvalue weighted by molar-refractivity contribution is 0.0636. The van der Waals surface area contributed by atoms with Crippen LogP contribution in [0.3, 0.4) is 0 Å². The van der Waals surface area contributed by atoms with Crippen LogP contribution in [0.15, 0.2) is 24.3 Å². The summed E-state index contributed by atoms with van der Waals surface area (Å²) in [5.74, 6) is 1.26. The Morgan fingerprint density at radius 3 is 2.09 bits per heavy atom. The molecule has 0 fully saturated rings. The minimum absolute atomic E-state index is 0.488. The second-order valence-electron chi connectivity index (χ2n) is 6.31. The van der Waals surface area contributed by atoms with Gasteiger partial charge >= 0.3 is 6.09 Å². The van der Waals surface area contributed by atoms with Crippen LogP contribution < -0.4 is 14.8 Å². The molecule has 1 amide bonds. The zero-order valence-corrected chi connectivity index (χ0v) is 14.4. The molecule has 0 unspecified atom stereocenters. The Morgan fingerprint density at radius 1 is 1.00 bits per heavy atom. The zero-order chi connectivity index (χ0) is 17.2. The van der Waals surface area contributed by atoms with Gasteiger partial charge in [-0.3, -0.25) is 5.32 Å². The van der Waals surface area contributed by atoms with E-state index in [1.54, 1.807) is 14.2 Å². The van der Waals surface area contributed by atoms with E-state index in [0.29, 0.717) is 17.2 Å². The van der Waals surface area contributed by atoms with E-state index < -0.39 is 11.7 Å². The number of benzene rings is 2. The first-order valence-electron chi connectivity index (χ1n) is 7.40. The fraction of sp³-hybridized carbons (Fsp3) is 0.389. The molecule has 0 heterocycles. The summed E-state index contributed by atoms with van der Waals surface area (Å²) in [5, 5.41) is 4.65. The Morgan fingerprint density at radius 2 is 1.57 bits per heavy atom. The number of ether oxygens (including phenoxy) is 3. The van der Waals surface area contributed by atoms with Crippen LogP contribution in [0.5, 0.6) is 11.5 Å². The molecular weight excluding hydrogens is 294 g/mol. The molecule has 2 aromatic rings. The van der Waals surface area contributed by atoms with Gasteiger partial charge in [-0.15, -0.1) is 0 Å². The monoisotopic (exact) mass is 317 g/mol. The molecule has 23 heavy (non-hydrogen) atoms. The number of aryl methyl sites for hydroxylation is 1. The summed E-state index contributed by atoms with van der Waals surface area (Å²) in [5.41, 5.74) is 1.20. The smallest absolute Gasteiger partial charge is 0.412 e. The molecule has 0 aromatic heterocycles. The lowest BCUT2D eigenvalue weighted by Gasteiger charge is -2.20. The average molecular weight is 317 g/mol. The standard InChI is InChI=1S/C18H23NO4/c1-11-7-8-14(19-17(20)23-18(2,3)4)13-10-16(22-6)15(21-5)9-12(11)13/h7-10H,1-6H3,(H,19,20). The van der Waals surface area contributed by atoms with Gasteiger partial charge in [-0.05, 0) is 56.8 Å². The van der Waals surface area contributed by atoms with Crippen LogP contribution >= 0.6 is 0 Å². The van der Waals surface area contributed by atoms with Crippen molar-refractivity contribution in [1.82, 2.24) is 0 Å². The maximum atomic E-state index is 12.0. The fourth-order valence-corrected chi connectivity index (χ4v) is 2.34. The van der Waals surface area contributed by atoms with Crippen molar-refractivity contribution in [2.75, 3.05) is 19.5 Å². The summed E-state index contributed by atoms with van der Waals surface area (Å²) >= 11 is 0. The molecule has 1 N–H and O–H groups in total. The Labute approximate surface area is 136 Å². The van der Waals surface area contributed by atoms with Crippen LogP contribution in [-0.4, -0.2) is 25.9 Å². The van der Waals surface area contributed by atoms with Crippen LogP contribution in [0.25, 0.3) is 10.8 Å². The van der Waals surface area contributed by atoms with Crippen molar-refractivity contribution in [2.24, 2.45) is 0 Å². The molecule has 0 atom stereocenters. The third-order valence-electron chi connectivity index (χ3n) is 3.37. The number of anilines is 1. The Hall–Kier alpha value is -2.43. The van der Waals surface area contributed by atoms with E-state index in [1.165, 1.54) is 0 Å². The van der Waals surface area contributed by atoms with Crippen molar-refractivity contribution >= 4 is 22.6 Å². The molecule has 0 bridgehead atoms. The van der Waals surface area contributed by atoms with Crippen LogP contribution in [0, 0.1) is 6.92 Å². The molecule has 0 saturated heterocycles. The summed E-state index contributed by atoms with van der Waals surface area (Å²) in [6, 6.07) is 7.56. The molecular formula is C18H23NO4. The molecule has 0 saturated carbocycles. The van der Waals surface area contributed by atoms with Gasteiger partial charge in [0.1, 0.15) is 5.60 Å². The summed E-state index contributed by atoms with van der Waals surface area (Å²) in [6.45, 7) is 7.49. The average Bonchev–Trinajstić information content (AvgIpc) is 2.47. The second kappa shape index (κ2) is 6.36. The van der Waals surface area contributed by atoms with E-state index in [9.17, 15) is 4.79 Å². The lowest BCUT2D eigenvalue weighted by Crippen LogP contribution is -2.27. The van der Waals surface area contributed by atoms with Gasteiger partial charge in [0, 0.05) is 5.39 Å². The number of rotatable bonds is 3. The zero-order valence-electron chi connectivity index (χ0n) is 14.4. The van der Waals surface area contributed by atoms with Gasteiger partial charge < -0.3 is 14.2 Å². The van der Waals surface area contributed by atoms with Gasteiger partial charge in [-0.2, -0.15) is 0 Å². The molecule has 0 aliphatic rings. The number of hydrogen-bond acceptors (Lipinski definition) is 4. The first kappa shape index (κ1) is 16.9. The minimum Gasteiger partial charge on any atom is -0.493 e. The maximum absolute atomic E-state index is 12.0. The molecule has 0 spiro atoms. The highest BCUT2D eigenvalue weighted by molar-refractivity contribution is 6.02. The molecule has 0 radical (unpaired) electrons. The number of carbonyl (C=O) groups is 1. The van der Waals surface area contributed by atoms with Crippen LogP contribution in [-0.2, 0) is 4.74 Å². The largest absolute Gasteiger partial charge is 0.493 e. The number of nitrogens with one attached hydrogen (secondary N) is 1. The summed E-state index contributed by atoms with van der Waals surface area (Å²) in [4.78, 5) is 12.0. The van der Waals surface area contributed by atoms with E-state index in [4.69, 9.17) is 14.2 Å². The van der Waals surface area contributed by atoms with Crippen molar-refractivity contribution in [3.8, 4) is 11.5 Å². The highest BCUT2D eigenvalue weighted by Gasteiger charge is 2.18. The normalized spacial score (nSPS) is 11.2. The van der Waals surface area contributed by atoms with E-state index in [-0.39, 0.29) is 0 Å². The molecule has 5 heteroatoms. The van der Waals surface area contributed by atoms with Crippen molar-refractivity contribution in [2.45, 2.75) is 33.3 Å². The lowest BCUT2D eigenvalue weighted by atomic mass is 10.0. The maximum Gasteiger partial charge on any atom is 0.412 e. The Bertz CT molecular complexity index is 732. The topological polar surface area (TPSA) is 56.8 Å². The molecule has 2 rings (SSSR count). The van der Waals surface area contributed by atoms with Gasteiger partial charge in [0.25, 0.3) is 0 Å². The van der Waals surface area contributed by atoms with Crippen molar-refractivity contribution < 1.29 is 19.0 Å². The first-order chi connectivity index (χ1) is 10.7. The van der Waals surface area contributed by atoms with Crippen LogP contribution in [0.4, 0.5) is 10.5 Å². The number of amides is 1. The van der Waals surface area contributed by atoms with E-state index >= 15 is 0 Å². The van der Waals surface area contributed by atoms with Crippen molar-refractivity contribution in [1.29, 1.82) is 0 Å². The van der Waals surface area contributed by atoms with Gasteiger partial charge in [0.2, 0.25) is 0 Å². The molecule has 124 valence electrons. The van der Waals surface area contributed by atoms with Crippen LogP contribution in [0.2, 0.25) is 0 Å². The molecule has 0 aliphatic heterocycles. The summed E-state index contributed by atoms with van der Waals surface area (Å²) in [7, 11) is 3.18. The molecule has 5 nitrogen and oxygen atoms in total. The van der Waals surface area contributed by atoms with E-state index in [1.807, 2.05) is 52.0 Å². The number of carbonyl (C=O) groups excluding carboxylic acids is 1. The summed E-state index contributed by atoms with van der Waals surface area (Å²) < 4.78 is 16.0. The predicted molar refractivity (Wildman–Crippen MR) is 91.6 cm³/mol. The SMILES string of the molecule is COc1cc2c(C)ccc(NC(=O)OC(C)(C)C)c2cc1OC. The molecule has 2 aromatic carbocycles. The second-order valence-corrected chi connectivity index (χ2v) is 6.31. The van der Waals surface area contributed by atoms with Crippen molar-refractivity contribution in [3.05, 3.63) is 29.8 Å². The van der Waals surface area contributed by atoms with E-state index in [2.05, 4.69) is 5.32 Å². The van der Waals surface area contributed by atoms with Gasteiger partial charge in [-0.1, -0.05) is 6.07 Å². The predicted octanol–water partition coefficient (Wildman–Crippen LogP) is 4.51. The van der Waals surface area contributed by atoms with Gasteiger partial charge in [0.05, 0.1) is 19.9 Å². The third-order valence-corrected chi connectivity index (χ3v) is 3.37. The highest BCUT2D eigenvalue weighted by atomic mass is 16.6. The van der Waals surface area contributed by atoms with Crippen LogP contribution in [0.1, 0.15) is 26.3 Å². The Balaban J connectivity index is 2.48. The number of hydrogen-bond donors (Lipinski definition) is 1. The fourth-order valence-electron chi connectivity index (χ4n) is 2.34. The van der Waals surface area contributed by atoms with Gasteiger partial charge in [0.15, 0.2) is 11.5 Å². The summed E-state index contributed by atoms with van der Waals surface area (Å²) in [6.07, 6.45) is -0.488. The molecule has 0 aliphatic carbocycles. The number of methoxy groups -OCH3 is 2. The van der Waals surface area contributed by atoms with Crippen molar-refractivity contribution in [3.63, 3.8) is 0 Å². The first-order valence-corrected chi connectivity index (χ1v) is 7.40. The third kappa shape index (κ3) is 3.86. The quantitative estimate of drug-likeness (QED) is 0.904. The van der Waals surface area contributed by atoms with E-state index in [0.717, 1.165) is 16.3 Å². The van der Waals surface area contributed by atoms with Gasteiger partial charge in [-0.25, -0.2) is 4.79 Å². The number of fused-ring (bicyclic) bond motifs is 1. The highest BCUT2D eigenvalue weighted by Crippen LogP contribution is 2.37.